The highest BCUT2D eigenvalue weighted by molar-refractivity contribution is 6.20. The van der Waals surface area contributed by atoms with Crippen LogP contribution in [0.1, 0.15) is 5.56 Å². The van der Waals surface area contributed by atoms with Crippen LogP contribution in [0.3, 0.4) is 0 Å². The maximum atomic E-state index is 12.9. The number of carbonyl (C=O) groups is 3. The molecule has 2 atom stereocenters. The van der Waals surface area contributed by atoms with Crippen molar-refractivity contribution in [1.29, 1.82) is 0 Å². The predicted octanol–water partition coefficient (Wildman–Crippen LogP) is 0.142. The summed E-state index contributed by atoms with van der Waals surface area (Å²) in [5, 5.41) is 2.33. The first-order valence-corrected chi connectivity index (χ1v) is 7.61. The van der Waals surface area contributed by atoms with Gasteiger partial charge in [0.05, 0.1) is 19.3 Å². The van der Waals surface area contributed by atoms with Crippen LogP contribution in [-0.2, 0) is 20.7 Å². The van der Waals surface area contributed by atoms with Gasteiger partial charge >= 0.3 is 6.03 Å². The minimum absolute atomic E-state index is 0.274. The molecule has 0 radical (unpaired) electrons. The lowest BCUT2D eigenvalue weighted by Crippen LogP contribution is -2.73. The Balaban J connectivity index is 1.89. The molecule has 23 heavy (non-hydrogen) atoms. The Bertz CT molecular complexity index is 719. The van der Waals surface area contributed by atoms with E-state index >= 15 is 0 Å². The SMILES string of the molecule is CN1C(=O)NC(=O)[C@@]2(Cc3ccccc3N3CCOC[C@@H]32)C1=O. The number of urea groups is 1. The molecule has 0 saturated carbocycles. The summed E-state index contributed by atoms with van der Waals surface area (Å²) in [6.07, 6.45) is 0.274. The zero-order valence-electron chi connectivity index (χ0n) is 12.7. The molecule has 2 fully saturated rings. The highest BCUT2D eigenvalue weighted by Crippen LogP contribution is 2.44. The number of para-hydroxylation sites is 1. The summed E-state index contributed by atoms with van der Waals surface area (Å²) >= 11 is 0. The first-order valence-electron chi connectivity index (χ1n) is 7.61. The molecule has 1 aromatic carbocycles. The number of anilines is 1. The van der Waals surface area contributed by atoms with E-state index in [1.165, 1.54) is 7.05 Å². The molecule has 0 bridgehead atoms. The molecule has 0 unspecified atom stereocenters. The van der Waals surface area contributed by atoms with Crippen molar-refractivity contribution in [2.75, 3.05) is 31.7 Å². The molecule has 4 amide bonds. The fourth-order valence-electron chi connectivity index (χ4n) is 3.89. The van der Waals surface area contributed by atoms with Crippen molar-refractivity contribution in [3.05, 3.63) is 29.8 Å². The van der Waals surface area contributed by atoms with Crippen LogP contribution in [0, 0.1) is 5.41 Å². The molecule has 2 saturated heterocycles. The maximum Gasteiger partial charge on any atom is 0.330 e. The minimum atomic E-state index is -1.32. The fraction of sp³-hybridized carbons (Fsp3) is 0.438. The Labute approximate surface area is 133 Å². The van der Waals surface area contributed by atoms with Crippen LogP contribution in [-0.4, -0.2) is 55.6 Å². The topological polar surface area (TPSA) is 79.0 Å². The molecule has 7 nitrogen and oxygen atoms in total. The Morgan fingerprint density at radius 3 is 2.87 bits per heavy atom. The average Bonchev–Trinajstić information content (AvgIpc) is 2.58. The van der Waals surface area contributed by atoms with Gasteiger partial charge in [-0.3, -0.25) is 19.8 Å². The second-order valence-electron chi connectivity index (χ2n) is 6.18. The first-order chi connectivity index (χ1) is 11.1. The van der Waals surface area contributed by atoms with E-state index in [0.29, 0.717) is 13.2 Å². The van der Waals surface area contributed by atoms with Crippen LogP contribution in [0.15, 0.2) is 24.3 Å². The number of carbonyl (C=O) groups excluding carboxylic acids is 3. The predicted molar refractivity (Wildman–Crippen MR) is 80.8 cm³/mol. The van der Waals surface area contributed by atoms with E-state index in [1.54, 1.807) is 0 Å². The van der Waals surface area contributed by atoms with Crippen molar-refractivity contribution in [3.63, 3.8) is 0 Å². The van der Waals surface area contributed by atoms with E-state index in [1.807, 2.05) is 24.3 Å². The second-order valence-corrected chi connectivity index (χ2v) is 6.18. The summed E-state index contributed by atoms with van der Waals surface area (Å²) < 4.78 is 5.56. The van der Waals surface area contributed by atoms with Crippen LogP contribution in [0.2, 0.25) is 0 Å². The molecule has 3 aliphatic rings. The van der Waals surface area contributed by atoms with Gasteiger partial charge in [0.1, 0.15) is 0 Å². The number of morpholine rings is 1. The van der Waals surface area contributed by atoms with Crippen molar-refractivity contribution >= 4 is 23.5 Å². The average molecular weight is 315 g/mol. The summed E-state index contributed by atoms with van der Waals surface area (Å²) in [4.78, 5) is 40.5. The van der Waals surface area contributed by atoms with E-state index in [0.717, 1.165) is 16.2 Å². The lowest BCUT2D eigenvalue weighted by atomic mass is 9.68. The minimum Gasteiger partial charge on any atom is -0.377 e. The number of barbiturate groups is 1. The van der Waals surface area contributed by atoms with Crippen molar-refractivity contribution in [3.8, 4) is 0 Å². The molecule has 7 heteroatoms. The van der Waals surface area contributed by atoms with Gasteiger partial charge in [0, 0.05) is 19.3 Å². The van der Waals surface area contributed by atoms with Crippen molar-refractivity contribution in [2.45, 2.75) is 12.5 Å². The Kier molecular flexibility index (Phi) is 2.96. The Morgan fingerprint density at radius 1 is 1.26 bits per heavy atom. The number of nitrogens with one attached hydrogen (secondary N) is 1. The highest BCUT2D eigenvalue weighted by Gasteiger charge is 2.61. The normalized spacial score (nSPS) is 30.1. The molecular weight excluding hydrogens is 298 g/mol. The number of ether oxygens (including phenoxy) is 1. The van der Waals surface area contributed by atoms with Gasteiger partial charge in [-0.15, -0.1) is 0 Å². The maximum absolute atomic E-state index is 12.9. The molecule has 0 aliphatic carbocycles. The molecule has 1 N–H and O–H groups in total. The molecule has 1 spiro atoms. The van der Waals surface area contributed by atoms with Gasteiger partial charge in [-0.2, -0.15) is 0 Å². The van der Waals surface area contributed by atoms with Gasteiger partial charge in [-0.25, -0.2) is 4.79 Å². The lowest BCUT2D eigenvalue weighted by molar-refractivity contribution is -0.155. The molecule has 3 heterocycles. The van der Waals surface area contributed by atoms with Crippen LogP contribution >= 0.6 is 0 Å². The van der Waals surface area contributed by atoms with E-state index in [9.17, 15) is 14.4 Å². The summed E-state index contributed by atoms with van der Waals surface area (Å²) in [5.41, 5.74) is 0.653. The second kappa shape index (κ2) is 4.79. The quantitative estimate of drug-likeness (QED) is 0.689. The zero-order chi connectivity index (χ0) is 16.2. The van der Waals surface area contributed by atoms with E-state index in [4.69, 9.17) is 4.74 Å². The molecule has 3 aliphatic heterocycles. The van der Waals surface area contributed by atoms with Gasteiger partial charge in [-0.1, -0.05) is 18.2 Å². The van der Waals surface area contributed by atoms with Gasteiger partial charge in [0.15, 0.2) is 5.41 Å². The number of nitrogens with zero attached hydrogens (tertiary/aromatic N) is 2. The van der Waals surface area contributed by atoms with E-state index in [2.05, 4.69) is 10.2 Å². The summed E-state index contributed by atoms with van der Waals surface area (Å²) in [6.45, 7) is 1.45. The number of rotatable bonds is 0. The van der Waals surface area contributed by atoms with E-state index in [-0.39, 0.29) is 13.0 Å². The molecule has 120 valence electrons. The lowest BCUT2D eigenvalue weighted by Gasteiger charge is -2.52. The number of hydrogen-bond acceptors (Lipinski definition) is 5. The van der Waals surface area contributed by atoms with Gasteiger partial charge < -0.3 is 9.64 Å². The molecule has 1 aromatic rings. The smallest absolute Gasteiger partial charge is 0.330 e. The largest absolute Gasteiger partial charge is 0.377 e. The standard InChI is InChI=1S/C16H17N3O4/c1-18-14(21)16(13(20)17-15(18)22)8-10-4-2-3-5-11(10)19-6-7-23-9-12(16)19/h2-5,12H,6-9H2,1H3,(H,17,20,22)/t12-,16+/m1/s1. The van der Waals surface area contributed by atoms with Crippen LogP contribution in [0.25, 0.3) is 0 Å². The van der Waals surface area contributed by atoms with Crippen molar-refractivity contribution in [1.82, 2.24) is 10.2 Å². The van der Waals surface area contributed by atoms with E-state index < -0.39 is 29.3 Å². The van der Waals surface area contributed by atoms with Crippen LogP contribution in [0.5, 0.6) is 0 Å². The first kappa shape index (κ1) is 14.2. The highest BCUT2D eigenvalue weighted by atomic mass is 16.5. The third kappa shape index (κ3) is 1.77. The van der Waals surface area contributed by atoms with Gasteiger partial charge in [0.25, 0.3) is 0 Å². The van der Waals surface area contributed by atoms with Crippen LogP contribution < -0.4 is 10.2 Å². The monoisotopic (exact) mass is 315 g/mol. The van der Waals surface area contributed by atoms with Crippen molar-refractivity contribution < 1.29 is 19.1 Å². The summed E-state index contributed by atoms with van der Waals surface area (Å²) in [6, 6.07) is 6.69. The Morgan fingerprint density at radius 2 is 2.04 bits per heavy atom. The number of imide groups is 2. The van der Waals surface area contributed by atoms with Gasteiger partial charge in [0.2, 0.25) is 11.8 Å². The molecule has 0 aromatic heterocycles. The summed E-state index contributed by atoms with van der Waals surface area (Å²) in [5.74, 6) is -0.984. The van der Waals surface area contributed by atoms with Gasteiger partial charge in [-0.05, 0) is 18.1 Å². The third-order valence-corrected chi connectivity index (χ3v) is 5.08. The summed E-state index contributed by atoms with van der Waals surface area (Å²) in [7, 11) is 1.40. The number of amides is 4. The third-order valence-electron chi connectivity index (χ3n) is 5.08. The number of hydrogen-bond donors (Lipinski definition) is 1. The molecule has 4 rings (SSSR count). The van der Waals surface area contributed by atoms with Crippen molar-refractivity contribution in [2.24, 2.45) is 5.41 Å². The fourth-order valence-corrected chi connectivity index (χ4v) is 3.89. The van der Waals surface area contributed by atoms with Crippen LogP contribution in [0.4, 0.5) is 10.5 Å². The molecular formula is C16H17N3O4. The number of benzene rings is 1. The Hall–Kier alpha value is -2.41. The number of fused-ring (bicyclic) bond motifs is 4. The zero-order valence-corrected chi connectivity index (χ0v) is 12.7.